The van der Waals surface area contributed by atoms with E-state index < -0.39 is 0 Å². The van der Waals surface area contributed by atoms with Crippen LogP contribution < -0.4 is 17.2 Å². The number of imidazole rings is 1. The Hall–Kier alpha value is -3.12. The zero-order valence-corrected chi connectivity index (χ0v) is 16.2. The van der Waals surface area contributed by atoms with Gasteiger partial charge in [-0.3, -0.25) is 0 Å². The van der Waals surface area contributed by atoms with Gasteiger partial charge >= 0.3 is 0 Å². The molecule has 0 amide bonds. The van der Waals surface area contributed by atoms with Gasteiger partial charge < -0.3 is 21.8 Å². The average Bonchev–Trinajstić information content (AvgIpc) is 3.07. The Morgan fingerprint density at radius 3 is 2.43 bits per heavy atom. The van der Waals surface area contributed by atoms with Gasteiger partial charge in [0.1, 0.15) is 11.3 Å². The lowest BCUT2D eigenvalue weighted by molar-refractivity contribution is 0.690. The zero-order chi connectivity index (χ0) is 19.7. The van der Waals surface area contributed by atoms with Crippen molar-refractivity contribution in [1.82, 2.24) is 14.5 Å². The number of benzene rings is 2. The molecule has 0 spiro atoms. The van der Waals surface area contributed by atoms with Crippen molar-refractivity contribution in [2.45, 2.75) is 39.3 Å². The smallest absolute Gasteiger partial charge is 0.152 e. The Morgan fingerprint density at radius 2 is 1.71 bits per heavy atom. The average molecular weight is 374 g/mol. The number of pyridine rings is 1. The maximum absolute atomic E-state index is 6.27. The molecule has 0 radical (unpaired) electrons. The minimum atomic E-state index is 0.460. The Morgan fingerprint density at radius 1 is 0.964 bits per heavy atom. The van der Waals surface area contributed by atoms with Crippen LogP contribution in [0.4, 0.5) is 11.5 Å². The lowest BCUT2D eigenvalue weighted by Gasteiger charge is -2.12. The highest BCUT2D eigenvalue weighted by Gasteiger charge is 2.17. The molecule has 0 saturated carbocycles. The number of fused-ring (bicyclic) bond motifs is 3. The monoisotopic (exact) mass is 374 g/mol. The summed E-state index contributed by atoms with van der Waals surface area (Å²) in [6, 6.07) is 14.1. The first-order valence-electron chi connectivity index (χ1n) is 9.72. The van der Waals surface area contributed by atoms with E-state index in [0.717, 1.165) is 52.6 Å². The minimum Gasteiger partial charge on any atom is -0.399 e. The first-order chi connectivity index (χ1) is 13.6. The van der Waals surface area contributed by atoms with E-state index in [0.29, 0.717) is 24.6 Å². The van der Waals surface area contributed by atoms with Gasteiger partial charge in [0.25, 0.3) is 0 Å². The first-order valence-corrected chi connectivity index (χ1v) is 9.72. The molecule has 6 nitrogen and oxygen atoms in total. The van der Waals surface area contributed by atoms with Gasteiger partial charge in [-0.2, -0.15) is 0 Å². The van der Waals surface area contributed by atoms with Crippen LogP contribution in [0.5, 0.6) is 0 Å². The molecule has 0 saturated heterocycles. The van der Waals surface area contributed by atoms with Crippen LogP contribution in [0.25, 0.3) is 21.9 Å². The third-order valence-electron chi connectivity index (χ3n) is 5.16. The Balaban J connectivity index is 1.93. The third kappa shape index (κ3) is 3.27. The van der Waals surface area contributed by atoms with E-state index in [9.17, 15) is 0 Å². The topological polar surface area (TPSA) is 109 Å². The summed E-state index contributed by atoms with van der Waals surface area (Å²) in [6.45, 7) is 3.44. The lowest BCUT2D eigenvalue weighted by Crippen LogP contribution is -2.06. The Kier molecular flexibility index (Phi) is 4.88. The number of anilines is 2. The van der Waals surface area contributed by atoms with Crippen molar-refractivity contribution in [1.29, 1.82) is 0 Å². The van der Waals surface area contributed by atoms with Crippen molar-refractivity contribution >= 4 is 33.4 Å². The van der Waals surface area contributed by atoms with E-state index in [1.165, 1.54) is 5.56 Å². The highest BCUT2D eigenvalue weighted by atomic mass is 15.1. The number of nitrogens with two attached hydrogens (primary N) is 3. The fraction of sp³-hybridized carbons (Fsp3) is 0.273. The molecule has 0 aliphatic heterocycles. The number of nitrogen functional groups attached to an aromatic ring is 2. The van der Waals surface area contributed by atoms with E-state index in [-0.39, 0.29) is 0 Å². The van der Waals surface area contributed by atoms with Crippen LogP contribution in [0.3, 0.4) is 0 Å². The van der Waals surface area contributed by atoms with Crippen LogP contribution in [0.15, 0.2) is 42.5 Å². The molecule has 0 fully saturated rings. The van der Waals surface area contributed by atoms with E-state index in [2.05, 4.69) is 40.7 Å². The van der Waals surface area contributed by atoms with Crippen molar-refractivity contribution in [2.24, 2.45) is 5.73 Å². The second-order valence-corrected chi connectivity index (χ2v) is 7.21. The largest absolute Gasteiger partial charge is 0.399 e. The second kappa shape index (κ2) is 7.48. The van der Waals surface area contributed by atoms with Gasteiger partial charge in [0.15, 0.2) is 5.82 Å². The molecule has 6 heteroatoms. The molecule has 0 aliphatic carbocycles. The summed E-state index contributed by atoms with van der Waals surface area (Å²) in [7, 11) is 0. The Bertz CT molecular complexity index is 1130. The predicted molar refractivity (Wildman–Crippen MR) is 116 cm³/mol. The van der Waals surface area contributed by atoms with E-state index in [4.69, 9.17) is 22.2 Å². The van der Waals surface area contributed by atoms with Crippen LogP contribution in [-0.2, 0) is 19.5 Å². The van der Waals surface area contributed by atoms with Gasteiger partial charge in [-0.25, -0.2) is 9.97 Å². The molecule has 6 N–H and O–H groups in total. The fourth-order valence-corrected chi connectivity index (χ4v) is 3.63. The molecule has 2 heterocycles. The predicted octanol–water partition coefficient (Wildman–Crippen LogP) is 3.60. The van der Waals surface area contributed by atoms with Crippen molar-refractivity contribution in [3.8, 4) is 0 Å². The number of unbranched alkanes of at least 4 members (excludes halogenated alkanes) is 1. The normalized spacial score (nSPS) is 11.5. The number of nitrogens with zero attached hydrogens (tertiary/aromatic N) is 3. The first kappa shape index (κ1) is 18.3. The summed E-state index contributed by atoms with van der Waals surface area (Å²) in [5.74, 6) is 1.49. The van der Waals surface area contributed by atoms with Crippen LogP contribution in [-0.4, -0.2) is 14.5 Å². The Labute approximate surface area is 164 Å². The van der Waals surface area contributed by atoms with Crippen LogP contribution in [0.2, 0.25) is 0 Å². The molecular weight excluding hydrogens is 348 g/mol. The van der Waals surface area contributed by atoms with Crippen molar-refractivity contribution in [3.63, 3.8) is 0 Å². The van der Waals surface area contributed by atoms with Crippen molar-refractivity contribution < 1.29 is 0 Å². The minimum absolute atomic E-state index is 0.460. The number of rotatable bonds is 6. The van der Waals surface area contributed by atoms with Crippen LogP contribution >= 0.6 is 0 Å². The molecule has 0 unspecified atom stereocenters. The van der Waals surface area contributed by atoms with Crippen LogP contribution in [0.1, 0.15) is 36.7 Å². The molecule has 0 bridgehead atoms. The summed E-state index contributed by atoms with van der Waals surface area (Å²) in [5, 5.41) is 0.984. The zero-order valence-electron chi connectivity index (χ0n) is 16.2. The van der Waals surface area contributed by atoms with E-state index in [1.807, 2.05) is 18.2 Å². The van der Waals surface area contributed by atoms with Gasteiger partial charge in [0.2, 0.25) is 0 Å². The molecule has 0 aliphatic rings. The molecule has 4 rings (SSSR count). The van der Waals surface area contributed by atoms with E-state index >= 15 is 0 Å². The summed E-state index contributed by atoms with van der Waals surface area (Å²) in [5.41, 5.74) is 23.7. The maximum Gasteiger partial charge on any atom is 0.152 e. The molecule has 28 heavy (non-hydrogen) atoms. The molecule has 0 atom stereocenters. The van der Waals surface area contributed by atoms with Crippen molar-refractivity contribution in [2.75, 3.05) is 11.5 Å². The highest BCUT2D eigenvalue weighted by molar-refractivity contribution is 6.07. The van der Waals surface area contributed by atoms with Crippen molar-refractivity contribution in [3.05, 3.63) is 59.4 Å². The summed E-state index contributed by atoms with van der Waals surface area (Å²) in [4.78, 5) is 9.42. The molecule has 2 aromatic heterocycles. The van der Waals surface area contributed by atoms with Gasteiger partial charge in [-0.15, -0.1) is 0 Å². The second-order valence-electron chi connectivity index (χ2n) is 7.21. The lowest BCUT2D eigenvalue weighted by atomic mass is 10.1. The summed E-state index contributed by atoms with van der Waals surface area (Å²) >= 11 is 0. The number of aryl methyl sites for hydroxylation is 1. The molecular formula is C22H26N6. The third-order valence-corrected chi connectivity index (χ3v) is 5.16. The fourth-order valence-electron chi connectivity index (χ4n) is 3.63. The number of hydrogen-bond acceptors (Lipinski definition) is 5. The van der Waals surface area contributed by atoms with Gasteiger partial charge in [0.05, 0.1) is 11.0 Å². The van der Waals surface area contributed by atoms with Gasteiger partial charge in [0, 0.05) is 30.6 Å². The summed E-state index contributed by atoms with van der Waals surface area (Å²) < 4.78 is 2.27. The van der Waals surface area contributed by atoms with Crippen LogP contribution in [0, 0.1) is 0 Å². The number of hydrogen-bond donors (Lipinski definition) is 3. The van der Waals surface area contributed by atoms with E-state index in [1.54, 1.807) is 0 Å². The summed E-state index contributed by atoms with van der Waals surface area (Å²) in [6.07, 6.45) is 3.08. The molecule has 4 aromatic rings. The standard InChI is InChI=1S/C22H26N6/c1-2-3-4-19-27-20-21(17-11-16(24)9-10-18(17)26-22(20)25)28(19)13-15-7-5-14(12-23)6-8-15/h5-11H,2-4,12-13,23-24H2,1H3,(H2,25,26). The molecule has 144 valence electrons. The SMILES string of the molecule is CCCCc1nc2c(N)nc3ccc(N)cc3c2n1Cc1ccc(CN)cc1. The van der Waals surface area contributed by atoms with Gasteiger partial charge in [-0.1, -0.05) is 37.6 Å². The van der Waals surface area contributed by atoms with Gasteiger partial charge in [-0.05, 0) is 35.7 Å². The number of aromatic nitrogens is 3. The molecule has 2 aromatic carbocycles. The highest BCUT2D eigenvalue weighted by Crippen LogP contribution is 2.31. The quantitative estimate of drug-likeness (QED) is 0.447. The maximum atomic E-state index is 6.27.